The number of likely N-dealkylation sites (tertiary alicyclic amines) is 1. The molecule has 0 radical (unpaired) electrons. The number of benzene rings is 2. The van der Waals surface area contributed by atoms with Crippen LogP contribution >= 0.6 is 11.6 Å². The summed E-state index contributed by atoms with van der Waals surface area (Å²) in [6.45, 7) is 1.44. The van der Waals surface area contributed by atoms with Crippen LogP contribution in [0.1, 0.15) is 62.0 Å². The maximum Gasteiger partial charge on any atom is 0.277 e. The highest BCUT2D eigenvalue weighted by Crippen LogP contribution is 2.33. The summed E-state index contributed by atoms with van der Waals surface area (Å²) in [5, 5.41) is 2.55. The summed E-state index contributed by atoms with van der Waals surface area (Å²) < 4.78 is 0. The van der Waals surface area contributed by atoms with Crippen LogP contribution in [0.25, 0.3) is 0 Å². The van der Waals surface area contributed by atoms with Crippen molar-refractivity contribution in [3.05, 3.63) is 69.2 Å². The van der Waals surface area contributed by atoms with Crippen molar-refractivity contribution >= 4 is 46.8 Å². The van der Waals surface area contributed by atoms with Gasteiger partial charge >= 0.3 is 0 Å². The van der Waals surface area contributed by atoms with Gasteiger partial charge in [-0.3, -0.25) is 28.8 Å². The molecule has 4 amide bonds. The third-order valence-corrected chi connectivity index (χ3v) is 6.81. The molecule has 12 heteroatoms. The quantitative estimate of drug-likeness (QED) is 0.244. The molecule has 0 spiro atoms. The first kappa shape index (κ1) is 26.1. The summed E-state index contributed by atoms with van der Waals surface area (Å²) in [5.74, 6) is 1.68. The normalized spacial score (nSPS) is 17.1. The molecule has 5 N–H and O–H groups in total. The molecule has 1 aliphatic heterocycles. The second-order valence-electron chi connectivity index (χ2n) is 8.74. The van der Waals surface area contributed by atoms with Gasteiger partial charge in [0.05, 0.1) is 17.1 Å². The molecule has 2 aliphatic rings. The van der Waals surface area contributed by atoms with E-state index in [2.05, 4.69) is 5.32 Å². The molecule has 4 rings (SSSR count). The second-order valence-corrected chi connectivity index (χ2v) is 9.15. The first-order chi connectivity index (χ1) is 17.6. The lowest BCUT2D eigenvalue weighted by Gasteiger charge is -2.26. The molecule has 2 aromatic rings. The van der Waals surface area contributed by atoms with E-state index in [9.17, 15) is 28.8 Å². The Bertz CT molecular complexity index is 1360. The highest BCUT2D eigenvalue weighted by atomic mass is 35.5. The summed E-state index contributed by atoms with van der Waals surface area (Å²) in [7, 11) is 0. The van der Waals surface area contributed by atoms with E-state index in [0.29, 0.717) is 19.4 Å². The Hall–Kier alpha value is -3.93. The van der Waals surface area contributed by atoms with Gasteiger partial charge in [-0.15, -0.1) is 0 Å². The van der Waals surface area contributed by atoms with Gasteiger partial charge in [-0.2, -0.15) is 0 Å². The number of halogens is 1. The van der Waals surface area contributed by atoms with Crippen LogP contribution in [0.15, 0.2) is 36.4 Å². The lowest BCUT2D eigenvalue weighted by Crippen LogP contribution is -2.56. The topological polar surface area (TPSA) is 173 Å². The first-order valence-electron chi connectivity index (χ1n) is 11.5. The fourth-order valence-corrected chi connectivity index (χ4v) is 4.86. The fourth-order valence-electron chi connectivity index (χ4n) is 4.63. The number of hydrazine groups is 1. The summed E-state index contributed by atoms with van der Waals surface area (Å²) in [4.78, 5) is 78.6. The van der Waals surface area contributed by atoms with Gasteiger partial charge in [-0.05, 0) is 31.9 Å². The van der Waals surface area contributed by atoms with Crippen molar-refractivity contribution in [1.82, 2.24) is 15.2 Å². The van der Waals surface area contributed by atoms with Gasteiger partial charge < -0.3 is 16.0 Å². The van der Waals surface area contributed by atoms with E-state index in [1.165, 1.54) is 36.1 Å². The Kier molecular flexibility index (Phi) is 7.21. The molecule has 11 nitrogen and oxygen atoms in total. The number of hydrogen-bond donors (Lipinski definition) is 3. The molecule has 1 fully saturated rings. The number of ketones is 2. The molecule has 192 valence electrons. The van der Waals surface area contributed by atoms with Crippen molar-refractivity contribution < 1.29 is 28.8 Å². The van der Waals surface area contributed by atoms with Crippen molar-refractivity contribution in [2.45, 2.75) is 31.8 Å². The van der Waals surface area contributed by atoms with E-state index in [4.69, 9.17) is 23.2 Å². The van der Waals surface area contributed by atoms with Crippen LogP contribution < -0.4 is 16.9 Å². The van der Waals surface area contributed by atoms with Gasteiger partial charge in [0.2, 0.25) is 11.8 Å². The highest BCUT2D eigenvalue weighted by Gasteiger charge is 2.38. The zero-order valence-electron chi connectivity index (χ0n) is 19.8. The minimum Gasteiger partial charge on any atom is -0.343 e. The predicted molar refractivity (Wildman–Crippen MR) is 132 cm³/mol. The molecular weight excluding hydrogens is 502 g/mol. The maximum atomic E-state index is 13.3. The van der Waals surface area contributed by atoms with Crippen LogP contribution in [0.2, 0.25) is 5.02 Å². The van der Waals surface area contributed by atoms with Crippen LogP contribution in [0.5, 0.6) is 0 Å². The Morgan fingerprint density at radius 2 is 1.73 bits per heavy atom. The summed E-state index contributed by atoms with van der Waals surface area (Å²) in [5.41, 5.74) is 5.01. The minimum atomic E-state index is -1.26. The van der Waals surface area contributed by atoms with Gasteiger partial charge in [0, 0.05) is 28.8 Å². The molecule has 2 aromatic carbocycles. The molecule has 0 unspecified atom stereocenters. The molecule has 1 aliphatic carbocycles. The molecule has 2 atom stereocenters. The van der Waals surface area contributed by atoms with E-state index in [0.717, 1.165) is 0 Å². The van der Waals surface area contributed by atoms with Crippen molar-refractivity contribution in [2.24, 2.45) is 11.6 Å². The molecule has 37 heavy (non-hydrogen) atoms. The van der Waals surface area contributed by atoms with E-state index in [-0.39, 0.29) is 38.8 Å². The summed E-state index contributed by atoms with van der Waals surface area (Å²) in [6, 6.07) is 6.72. The van der Waals surface area contributed by atoms with Gasteiger partial charge in [0.1, 0.15) is 12.1 Å². The number of fused-ring (bicyclic) bond motifs is 2. The van der Waals surface area contributed by atoms with Gasteiger partial charge in [-0.25, -0.2) is 10.9 Å². The average Bonchev–Trinajstić information content (AvgIpc) is 3.40. The van der Waals surface area contributed by atoms with E-state index in [1.807, 2.05) is 0 Å². The van der Waals surface area contributed by atoms with Crippen molar-refractivity contribution in [3.63, 3.8) is 0 Å². The number of amides is 4. The fraction of sp³-hybridized carbons (Fsp3) is 0.280. The molecule has 1 saturated heterocycles. The predicted octanol–water partition coefficient (Wildman–Crippen LogP) is 0.412. The van der Waals surface area contributed by atoms with Crippen LogP contribution in [0.3, 0.4) is 0 Å². The number of imide groups is 1. The van der Waals surface area contributed by atoms with Crippen LogP contribution in [-0.2, 0) is 14.4 Å². The van der Waals surface area contributed by atoms with E-state index in [1.54, 1.807) is 12.1 Å². The molecule has 0 aromatic heterocycles. The Balaban J connectivity index is 1.57. The van der Waals surface area contributed by atoms with Crippen molar-refractivity contribution in [2.75, 3.05) is 13.1 Å². The van der Waals surface area contributed by atoms with E-state index < -0.39 is 52.8 Å². The monoisotopic (exact) mass is 525 g/mol. The maximum absolute atomic E-state index is 13.3. The molecule has 0 saturated carbocycles. The largest absolute Gasteiger partial charge is 0.343 e. The van der Waals surface area contributed by atoms with Crippen LogP contribution in [0, 0.1) is 0 Å². The number of carbonyl (C=O) groups is 6. The minimum absolute atomic E-state index is 0.0375. The van der Waals surface area contributed by atoms with Crippen LogP contribution in [-0.4, -0.2) is 70.3 Å². The lowest BCUT2D eigenvalue weighted by molar-refractivity contribution is -0.139. The van der Waals surface area contributed by atoms with Crippen LogP contribution in [0.4, 0.5) is 0 Å². The Morgan fingerprint density at radius 1 is 1.08 bits per heavy atom. The smallest absolute Gasteiger partial charge is 0.277 e. The molecule has 1 heterocycles. The summed E-state index contributed by atoms with van der Waals surface area (Å²) >= 11 is 6.26. The third kappa shape index (κ3) is 4.52. The van der Waals surface area contributed by atoms with Crippen molar-refractivity contribution in [3.8, 4) is 0 Å². The molecular formula is C25H24ClN5O6. The van der Waals surface area contributed by atoms with Crippen molar-refractivity contribution in [1.29, 1.82) is 0 Å². The zero-order valence-corrected chi connectivity index (χ0v) is 20.6. The second kappa shape index (κ2) is 10.2. The zero-order chi connectivity index (χ0) is 27.0. The van der Waals surface area contributed by atoms with E-state index >= 15 is 0 Å². The Labute approximate surface area is 216 Å². The lowest BCUT2D eigenvalue weighted by atomic mass is 9.81. The molecule has 0 bridgehead atoms. The third-order valence-electron chi connectivity index (χ3n) is 6.49. The average molecular weight is 526 g/mol. The highest BCUT2D eigenvalue weighted by molar-refractivity contribution is 6.38. The number of rotatable bonds is 5. The van der Waals surface area contributed by atoms with Gasteiger partial charge in [0.15, 0.2) is 11.6 Å². The first-order valence-corrected chi connectivity index (χ1v) is 11.9. The number of nitrogens with one attached hydrogen (secondary N) is 1. The number of nitrogens with zero attached hydrogens (tertiary/aromatic N) is 2. The SMILES string of the molecule is C[C@H](NC(=O)[C@@H]1CCCN1C(=O)CN)C(=O)N(N)C(=O)c1c(Cl)ccc2c1C(=O)c1ccccc1C2=O. The summed E-state index contributed by atoms with van der Waals surface area (Å²) in [6.07, 6.45) is 0.994. The number of hydrogen-bond acceptors (Lipinski definition) is 8. The number of carbonyl (C=O) groups excluding carboxylic acids is 6. The standard InChI is InChI=1S/C25H24ClN5O6/c1-12(29-23(35)17-7-4-10-30(17)18(32)11-27)24(36)31(28)25(37)20-16(26)9-8-15-19(20)22(34)14-6-3-2-5-13(14)21(15)33/h2-3,5-6,8-9,12,17H,4,7,10-11,27-28H2,1H3,(H,29,35)/t12-,17-/m0/s1. The van der Waals surface area contributed by atoms with Gasteiger partial charge in [-0.1, -0.05) is 35.9 Å². The number of nitrogens with two attached hydrogens (primary N) is 2. The van der Waals surface area contributed by atoms with Gasteiger partial charge in [0.25, 0.3) is 11.8 Å². The Morgan fingerprint density at radius 3 is 2.38 bits per heavy atom.